The zero-order valence-electron chi connectivity index (χ0n) is 12.9. The van der Waals surface area contributed by atoms with Gasteiger partial charge >= 0.3 is 0 Å². The molecule has 0 unspecified atom stereocenters. The van der Waals surface area contributed by atoms with Crippen molar-refractivity contribution in [3.63, 3.8) is 0 Å². The van der Waals surface area contributed by atoms with Gasteiger partial charge in [-0.15, -0.1) is 5.10 Å². The van der Waals surface area contributed by atoms with E-state index in [1.807, 2.05) is 38.1 Å². The number of benzene rings is 1. The van der Waals surface area contributed by atoms with Crippen LogP contribution in [0.15, 0.2) is 42.9 Å². The monoisotopic (exact) mass is 308 g/mol. The highest BCUT2D eigenvalue weighted by atomic mass is 16.1. The summed E-state index contributed by atoms with van der Waals surface area (Å²) in [6.07, 6.45) is 3.18. The van der Waals surface area contributed by atoms with Crippen LogP contribution in [0.5, 0.6) is 0 Å². The molecule has 1 aromatic carbocycles. The maximum Gasteiger partial charge on any atom is 0.253 e. The van der Waals surface area contributed by atoms with Crippen LogP contribution in [0.1, 0.15) is 27.2 Å². The number of carbonyl (C=O) groups excluding carboxylic acids is 1. The Labute approximate surface area is 133 Å². The van der Waals surface area contributed by atoms with Gasteiger partial charge in [0.25, 0.3) is 5.91 Å². The van der Waals surface area contributed by atoms with Crippen LogP contribution in [0.4, 0.5) is 0 Å². The van der Waals surface area contributed by atoms with Crippen molar-refractivity contribution in [1.82, 2.24) is 30.5 Å². The summed E-state index contributed by atoms with van der Waals surface area (Å²) in [5.74, 6) is -0.191. The van der Waals surface area contributed by atoms with Gasteiger partial charge in [-0.25, -0.2) is 0 Å². The molecule has 3 aromatic rings. The highest BCUT2D eigenvalue weighted by molar-refractivity contribution is 5.98. The highest BCUT2D eigenvalue weighted by Crippen LogP contribution is 2.21. The second-order valence-electron chi connectivity index (χ2n) is 5.16. The van der Waals surface area contributed by atoms with Gasteiger partial charge in [0.05, 0.1) is 23.5 Å². The number of aryl methyl sites for hydroxylation is 1. The van der Waals surface area contributed by atoms with Gasteiger partial charge in [0.2, 0.25) is 0 Å². The van der Waals surface area contributed by atoms with Gasteiger partial charge in [-0.05, 0) is 53.6 Å². The molecule has 0 saturated heterocycles. The molecule has 0 aliphatic rings. The Morgan fingerprint density at radius 3 is 2.78 bits per heavy atom. The van der Waals surface area contributed by atoms with E-state index in [0.29, 0.717) is 17.8 Å². The molecule has 2 heterocycles. The van der Waals surface area contributed by atoms with Crippen LogP contribution in [0.2, 0.25) is 0 Å². The van der Waals surface area contributed by atoms with Gasteiger partial charge in [0.1, 0.15) is 6.33 Å². The minimum atomic E-state index is -0.191. The van der Waals surface area contributed by atoms with E-state index in [1.54, 1.807) is 12.3 Å². The van der Waals surface area contributed by atoms with Crippen molar-refractivity contribution in [2.24, 2.45) is 0 Å². The Morgan fingerprint density at radius 2 is 2.09 bits per heavy atom. The summed E-state index contributed by atoms with van der Waals surface area (Å²) in [6, 6.07) is 9.29. The van der Waals surface area contributed by atoms with E-state index >= 15 is 0 Å². The predicted molar refractivity (Wildman–Crippen MR) is 84.0 cm³/mol. The molecule has 7 nitrogen and oxygen atoms in total. The van der Waals surface area contributed by atoms with Crippen molar-refractivity contribution < 1.29 is 4.79 Å². The summed E-state index contributed by atoms with van der Waals surface area (Å²) in [7, 11) is 0. The Morgan fingerprint density at radius 1 is 1.22 bits per heavy atom. The molecule has 0 aliphatic heterocycles. The lowest BCUT2D eigenvalue weighted by Crippen LogP contribution is -2.25. The van der Waals surface area contributed by atoms with Crippen molar-refractivity contribution in [2.45, 2.75) is 20.4 Å². The lowest BCUT2D eigenvalue weighted by Gasteiger charge is -2.13. The molecule has 1 N–H and O–H groups in total. The molecule has 0 radical (unpaired) electrons. The smallest absolute Gasteiger partial charge is 0.253 e. The van der Waals surface area contributed by atoms with Gasteiger partial charge in [0.15, 0.2) is 0 Å². The number of nitrogens with zero attached hydrogens (tertiary/aromatic N) is 5. The zero-order valence-corrected chi connectivity index (χ0v) is 12.9. The summed E-state index contributed by atoms with van der Waals surface area (Å²) >= 11 is 0. The molecule has 0 spiro atoms. The van der Waals surface area contributed by atoms with E-state index in [2.05, 4.69) is 25.8 Å². The molecule has 23 heavy (non-hydrogen) atoms. The van der Waals surface area contributed by atoms with Crippen LogP contribution in [0, 0.1) is 13.8 Å². The minimum absolute atomic E-state index is 0.191. The molecule has 0 bridgehead atoms. The molecule has 0 aliphatic carbocycles. The first-order chi connectivity index (χ1) is 11.2. The lowest BCUT2D eigenvalue weighted by atomic mass is 10.0. The summed E-state index contributed by atoms with van der Waals surface area (Å²) in [5, 5.41) is 14.1. The van der Waals surface area contributed by atoms with Crippen LogP contribution < -0.4 is 5.32 Å². The fraction of sp³-hybridized carbons (Fsp3) is 0.188. The predicted octanol–water partition coefficient (Wildman–Crippen LogP) is 1.60. The number of aromatic nitrogens is 5. The molecule has 2 aromatic heterocycles. The standard InChI is InChI=1S/C16H16N6O/c1-11-6-7-14(15(12(11)2)22-10-19-20-21-22)16(23)18-9-13-5-3-4-8-17-13/h3-8,10H,9H2,1-2H3,(H,18,23). The first-order valence-corrected chi connectivity index (χ1v) is 7.18. The van der Waals surface area contributed by atoms with Crippen molar-refractivity contribution in [2.75, 3.05) is 0 Å². The second-order valence-corrected chi connectivity index (χ2v) is 5.16. The average Bonchev–Trinajstić information content (AvgIpc) is 3.10. The van der Waals surface area contributed by atoms with E-state index in [1.165, 1.54) is 11.0 Å². The number of hydrogen-bond acceptors (Lipinski definition) is 5. The van der Waals surface area contributed by atoms with Gasteiger partial charge < -0.3 is 5.32 Å². The highest BCUT2D eigenvalue weighted by Gasteiger charge is 2.17. The van der Waals surface area contributed by atoms with E-state index < -0.39 is 0 Å². The number of nitrogens with one attached hydrogen (secondary N) is 1. The fourth-order valence-corrected chi connectivity index (χ4v) is 2.31. The van der Waals surface area contributed by atoms with Crippen molar-refractivity contribution >= 4 is 5.91 Å². The van der Waals surface area contributed by atoms with Gasteiger partial charge in [-0.3, -0.25) is 9.78 Å². The van der Waals surface area contributed by atoms with Crippen LogP contribution in [-0.2, 0) is 6.54 Å². The molecular weight excluding hydrogens is 292 g/mol. The average molecular weight is 308 g/mol. The number of pyridine rings is 1. The van der Waals surface area contributed by atoms with Crippen molar-refractivity contribution in [3.05, 3.63) is 65.2 Å². The van der Waals surface area contributed by atoms with E-state index in [9.17, 15) is 4.79 Å². The van der Waals surface area contributed by atoms with E-state index in [0.717, 1.165) is 16.8 Å². The molecular formula is C16H16N6O. The van der Waals surface area contributed by atoms with Crippen LogP contribution in [0.3, 0.4) is 0 Å². The van der Waals surface area contributed by atoms with Crippen molar-refractivity contribution in [1.29, 1.82) is 0 Å². The normalized spacial score (nSPS) is 10.5. The number of rotatable bonds is 4. The van der Waals surface area contributed by atoms with Crippen LogP contribution in [-0.4, -0.2) is 31.1 Å². The first-order valence-electron chi connectivity index (χ1n) is 7.18. The Kier molecular flexibility index (Phi) is 4.09. The molecule has 1 amide bonds. The number of carbonyl (C=O) groups is 1. The molecule has 3 rings (SSSR count). The molecule has 0 atom stereocenters. The van der Waals surface area contributed by atoms with Crippen molar-refractivity contribution in [3.8, 4) is 5.69 Å². The number of amides is 1. The number of tetrazole rings is 1. The Balaban J connectivity index is 1.90. The fourth-order valence-electron chi connectivity index (χ4n) is 2.31. The molecule has 7 heteroatoms. The second kappa shape index (κ2) is 6.35. The Bertz CT molecular complexity index is 814. The molecule has 0 saturated carbocycles. The van der Waals surface area contributed by atoms with Gasteiger partial charge in [-0.1, -0.05) is 12.1 Å². The molecule has 0 fully saturated rings. The van der Waals surface area contributed by atoms with Crippen LogP contribution >= 0.6 is 0 Å². The summed E-state index contributed by atoms with van der Waals surface area (Å²) in [6.45, 7) is 4.29. The summed E-state index contributed by atoms with van der Waals surface area (Å²) in [5.41, 5.74) is 4.04. The third-order valence-corrected chi connectivity index (χ3v) is 3.68. The largest absolute Gasteiger partial charge is 0.346 e. The first kappa shape index (κ1) is 14.8. The minimum Gasteiger partial charge on any atom is -0.346 e. The topological polar surface area (TPSA) is 85.6 Å². The lowest BCUT2D eigenvalue weighted by molar-refractivity contribution is 0.0950. The zero-order chi connectivity index (χ0) is 16.2. The summed E-state index contributed by atoms with van der Waals surface area (Å²) < 4.78 is 1.51. The quantitative estimate of drug-likeness (QED) is 0.791. The van der Waals surface area contributed by atoms with Gasteiger partial charge in [0, 0.05) is 6.20 Å². The van der Waals surface area contributed by atoms with E-state index in [4.69, 9.17) is 0 Å². The maximum absolute atomic E-state index is 12.6. The molecule has 116 valence electrons. The van der Waals surface area contributed by atoms with Crippen LogP contribution in [0.25, 0.3) is 5.69 Å². The SMILES string of the molecule is Cc1ccc(C(=O)NCc2ccccn2)c(-n2cnnn2)c1C. The third-order valence-electron chi connectivity index (χ3n) is 3.68. The van der Waals surface area contributed by atoms with E-state index in [-0.39, 0.29) is 5.91 Å². The third kappa shape index (κ3) is 3.08. The summed E-state index contributed by atoms with van der Waals surface area (Å²) in [4.78, 5) is 16.8. The number of hydrogen-bond donors (Lipinski definition) is 1. The van der Waals surface area contributed by atoms with Gasteiger partial charge in [-0.2, -0.15) is 4.68 Å². The Hall–Kier alpha value is -3.09. The maximum atomic E-state index is 12.6.